The molecule has 0 heterocycles. The van der Waals surface area contributed by atoms with Crippen LogP contribution in [0.4, 0.5) is 0 Å². The summed E-state index contributed by atoms with van der Waals surface area (Å²) < 4.78 is 0. The van der Waals surface area contributed by atoms with E-state index in [9.17, 15) is 0 Å². The number of hydrogen-bond donors (Lipinski definition) is 1. The lowest BCUT2D eigenvalue weighted by molar-refractivity contribution is 0.378. The molecule has 0 atom stereocenters. The minimum Gasteiger partial charge on any atom is -0.310 e. The minimum atomic E-state index is 0.698. The topological polar surface area (TPSA) is 12.0 Å². The zero-order chi connectivity index (χ0) is 13.0. The Morgan fingerprint density at radius 3 is 2.61 bits per heavy atom. The van der Waals surface area contributed by atoms with E-state index in [0.717, 1.165) is 16.8 Å². The van der Waals surface area contributed by atoms with Gasteiger partial charge in [-0.3, -0.25) is 0 Å². The summed E-state index contributed by atoms with van der Waals surface area (Å²) in [4.78, 5) is 0. The molecule has 100 valence electrons. The lowest BCUT2D eigenvalue weighted by atomic mass is 9.94. The third-order valence-corrected chi connectivity index (χ3v) is 5.27. The first kappa shape index (κ1) is 14.2. The van der Waals surface area contributed by atoms with Crippen molar-refractivity contribution in [1.29, 1.82) is 0 Å². The molecule has 0 aliphatic heterocycles. The van der Waals surface area contributed by atoms with Gasteiger partial charge in [0.05, 0.1) is 0 Å². The molecule has 1 aliphatic carbocycles. The Balaban J connectivity index is 1.81. The summed E-state index contributed by atoms with van der Waals surface area (Å²) in [5.41, 5.74) is 2.65. The Labute approximate surface area is 120 Å². The smallest absolute Gasteiger partial charge is 0.0408 e. The first-order valence-electron chi connectivity index (χ1n) is 6.70. The fourth-order valence-corrected chi connectivity index (χ4v) is 3.58. The van der Waals surface area contributed by atoms with Gasteiger partial charge in [-0.05, 0) is 62.1 Å². The number of nitrogens with one attached hydrogen (secondary N) is 1. The van der Waals surface area contributed by atoms with Gasteiger partial charge in [0, 0.05) is 22.9 Å². The largest absolute Gasteiger partial charge is 0.310 e. The number of aryl methyl sites for hydroxylation is 1. The molecule has 1 saturated carbocycles. The van der Waals surface area contributed by atoms with Gasteiger partial charge in [-0.1, -0.05) is 17.7 Å². The molecule has 1 aliphatic rings. The third kappa shape index (κ3) is 3.91. The highest BCUT2D eigenvalue weighted by Gasteiger charge is 2.19. The normalized spacial score (nSPS) is 24.2. The van der Waals surface area contributed by atoms with E-state index < -0.39 is 0 Å². The molecule has 0 saturated heterocycles. The molecule has 0 radical (unpaired) electrons. The number of rotatable bonds is 4. The van der Waals surface area contributed by atoms with Gasteiger partial charge >= 0.3 is 0 Å². The van der Waals surface area contributed by atoms with Crippen LogP contribution >= 0.6 is 23.4 Å². The first-order valence-corrected chi connectivity index (χ1v) is 8.37. The van der Waals surface area contributed by atoms with Crippen LogP contribution < -0.4 is 5.32 Å². The predicted molar refractivity (Wildman–Crippen MR) is 82.6 cm³/mol. The van der Waals surface area contributed by atoms with Crippen molar-refractivity contribution in [2.24, 2.45) is 0 Å². The number of benzene rings is 1. The number of halogens is 1. The van der Waals surface area contributed by atoms with Crippen molar-refractivity contribution in [3.63, 3.8) is 0 Å². The van der Waals surface area contributed by atoms with Crippen LogP contribution in [-0.4, -0.2) is 17.5 Å². The number of thioether (sulfide) groups is 1. The molecule has 1 aromatic carbocycles. The van der Waals surface area contributed by atoms with Gasteiger partial charge in [0.15, 0.2) is 0 Å². The highest BCUT2D eigenvalue weighted by Crippen LogP contribution is 2.27. The third-order valence-electron chi connectivity index (χ3n) is 3.89. The summed E-state index contributed by atoms with van der Waals surface area (Å²) in [5.74, 6) is 0. The fraction of sp³-hybridized carbons (Fsp3) is 0.600. The molecular weight excluding hydrogens is 262 g/mol. The van der Waals surface area contributed by atoms with Crippen molar-refractivity contribution in [1.82, 2.24) is 5.32 Å². The minimum absolute atomic E-state index is 0.698. The quantitative estimate of drug-likeness (QED) is 0.878. The highest BCUT2D eigenvalue weighted by molar-refractivity contribution is 7.99. The second-order valence-corrected chi connectivity index (χ2v) is 6.74. The Morgan fingerprint density at radius 2 is 2.00 bits per heavy atom. The predicted octanol–water partition coefficient (Wildman–Crippen LogP) is 4.41. The van der Waals surface area contributed by atoms with Crippen LogP contribution in [0, 0.1) is 6.92 Å². The Bertz CT molecular complexity index is 386. The van der Waals surface area contributed by atoms with E-state index in [1.807, 2.05) is 23.9 Å². The molecular formula is C15H22ClNS. The van der Waals surface area contributed by atoms with E-state index in [2.05, 4.69) is 24.6 Å². The van der Waals surface area contributed by atoms with Crippen LogP contribution in [0.2, 0.25) is 5.02 Å². The molecule has 2 rings (SSSR count). The summed E-state index contributed by atoms with van der Waals surface area (Å²) in [6, 6.07) is 6.86. The van der Waals surface area contributed by atoms with Gasteiger partial charge in [0.2, 0.25) is 0 Å². The molecule has 0 aromatic heterocycles. The first-order chi connectivity index (χ1) is 8.69. The van der Waals surface area contributed by atoms with Crippen molar-refractivity contribution in [3.05, 3.63) is 34.3 Å². The van der Waals surface area contributed by atoms with E-state index in [1.165, 1.54) is 36.8 Å². The van der Waals surface area contributed by atoms with Crippen LogP contribution in [0.3, 0.4) is 0 Å². The van der Waals surface area contributed by atoms with Crippen molar-refractivity contribution in [3.8, 4) is 0 Å². The molecule has 0 unspecified atom stereocenters. The standard InChI is InChI=1S/C15H22ClNS/c1-11-9-13(16)4-3-12(11)10-17-14-5-7-15(18-2)8-6-14/h3-4,9,14-15,17H,5-8,10H2,1-2H3. The van der Waals surface area contributed by atoms with Crippen molar-refractivity contribution >= 4 is 23.4 Å². The van der Waals surface area contributed by atoms with Gasteiger partial charge in [-0.15, -0.1) is 0 Å². The maximum Gasteiger partial charge on any atom is 0.0408 e. The average molecular weight is 284 g/mol. The van der Waals surface area contributed by atoms with Gasteiger partial charge in [-0.2, -0.15) is 11.8 Å². The van der Waals surface area contributed by atoms with Gasteiger partial charge in [-0.25, -0.2) is 0 Å². The summed E-state index contributed by atoms with van der Waals surface area (Å²) in [5, 5.41) is 5.41. The van der Waals surface area contributed by atoms with Crippen LogP contribution in [0.25, 0.3) is 0 Å². The SMILES string of the molecule is CSC1CCC(NCc2ccc(Cl)cc2C)CC1. The summed E-state index contributed by atoms with van der Waals surface area (Å²) in [6.45, 7) is 3.10. The maximum atomic E-state index is 5.98. The van der Waals surface area contributed by atoms with Gasteiger partial charge in [0.1, 0.15) is 0 Å². The Hall–Kier alpha value is -0.180. The molecule has 18 heavy (non-hydrogen) atoms. The fourth-order valence-electron chi connectivity index (χ4n) is 2.61. The van der Waals surface area contributed by atoms with Crippen LogP contribution in [-0.2, 0) is 6.54 Å². The van der Waals surface area contributed by atoms with Crippen molar-refractivity contribution in [2.75, 3.05) is 6.26 Å². The summed E-state index contributed by atoms with van der Waals surface area (Å²) >= 11 is 8.00. The summed E-state index contributed by atoms with van der Waals surface area (Å²) in [7, 11) is 0. The monoisotopic (exact) mass is 283 g/mol. The van der Waals surface area contributed by atoms with Crippen LogP contribution in [0.15, 0.2) is 18.2 Å². The van der Waals surface area contributed by atoms with E-state index in [-0.39, 0.29) is 0 Å². The molecule has 0 amide bonds. The Morgan fingerprint density at radius 1 is 1.28 bits per heavy atom. The molecule has 0 bridgehead atoms. The second kappa shape index (κ2) is 6.83. The van der Waals surface area contributed by atoms with E-state index in [0.29, 0.717) is 6.04 Å². The molecule has 1 aromatic rings. The molecule has 0 spiro atoms. The Kier molecular flexibility index (Phi) is 5.40. The molecule has 1 N–H and O–H groups in total. The number of hydrogen-bond acceptors (Lipinski definition) is 2. The zero-order valence-electron chi connectivity index (χ0n) is 11.2. The highest BCUT2D eigenvalue weighted by atomic mass is 35.5. The average Bonchev–Trinajstić information content (AvgIpc) is 2.38. The van der Waals surface area contributed by atoms with Crippen molar-refractivity contribution < 1.29 is 0 Å². The molecule has 1 fully saturated rings. The van der Waals surface area contributed by atoms with Crippen molar-refractivity contribution in [2.45, 2.75) is 50.4 Å². The lowest BCUT2D eigenvalue weighted by Crippen LogP contribution is -2.33. The molecule has 3 heteroatoms. The van der Waals surface area contributed by atoms with Crippen LogP contribution in [0.1, 0.15) is 36.8 Å². The van der Waals surface area contributed by atoms with Gasteiger partial charge in [0.25, 0.3) is 0 Å². The zero-order valence-corrected chi connectivity index (χ0v) is 12.8. The van der Waals surface area contributed by atoms with E-state index in [4.69, 9.17) is 11.6 Å². The summed E-state index contributed by atoms with van der Waals surface area (Å²) in [6.07, 6.45) is 7.59. The van der Waals surface area contributed by atoms with E-state index >= 15 is 0 Å². The van der Waals surface area contributed by atoms with Crippen LogP contribution in [0.5, 0.6) is 0 Å². The maximum absolute atomic E-state index is 5.98. The second-order valence-electron chi connectivity index (χ2n) is 5.16. The van der Waals surface area contributed by atoms with Gasteiger partial charge < -0.3 is 5.32 Å². The molecule has 1 nitrogen and oxygen atoms in total. The van der Waals surface area contributed by atoms with E-state index in [1.54, 1.807) is 0 Å². The lowest BCUT2D eigenvalue weighted by Gasteiger charge is -2.28.